The molecule has 0 aromatic carbocycles. The molecule has 0 aliphatic heterocycles. The summed E-state index contributed by atoms with van der Waals surface area (Å²) in [6.07, 6.45) is -12.4. The molecule has 0 radical (unpaired) electrons. The summed E-state index contributed by atoms with van der Waals surface area (Å²) in [6, 6.07) is 0. The molecule has 0 aromatic rings. The lowest BCUT2D eigenvalue weighted by Gasteiger charge is -2.23. The standard InChI is InChI=1S/C6H5F10O4P/c7-3(8,5(11,12)13)1-19-21(17,18)20-2-4(9,10)6(14,15)16/h1-2H2,(H,17,18). The van der Waals surface area contributed by atoms with Gasteiger partial charge in [0.05, 0.1) is 0 Å². The molecule has 0 rings (SSSR count). The van der Waals surface area contributed by atoms with Crippen LogP contribution in [0.25, 0.3) is 0 Å². The van der Waals surface area contributed by atoms with E-state index in [9.17, 15) is 48.5 Å². The second kappa shape index (κ2) is 5.89. The van der Waals surface area contributed by atoms with Gasteiger partial charge >= 0.3 is 32.0 Å². The summed E-state index contributed by atoms with van der Waals surface area (Å²) in [7, 11) is -5.98. The maximum Gasteiger partial charge on any atom is 0.472 e. The number of phosphoric ester groups is 1. The SMILES string of the molecule is O=P(O)(OCC(F)(F)C(F)(F)F)OCC(F)(F)C(F)(F)F. The monoisotopic (exact) mass is 362 g/mol. The Morgan fingerprint density at radius 3 is 1.14 bits per heavy atom. The summed E-state index contributed by atoms with van der Waals surface area (Å²) >= 11 is 0. The molecule has 0 aromatic heterocycles. The topological polar surface area (TPSA) is 55.8 Å². The van der Waals surface area contributed by atoms with Gasteiger partial charge in [-0.25, -0.2) is 4.57 Å². The first-order valence-electron chi connectivity index (χ1n) is 4.42. The predicted molar refractivity (Wildman–Crippen MR) is 43.7 cm³/mol. The molecule has 0 fully saturated rings. The van der Waals surface area contributed by atoms with E-state index in [1.807, 2.05) is 0 Å². The van der Waals surface area contributed by atoms with E-state index in [-0.39, 0.29) is 0 Å². The van der Waals surface area contributed by atoms with Crippen molar-refractivity contribution in [1.29, 1.82) is 0 Å². The van der Waals surface area contributed by atoms with Crippen LogP contribution >= 0.6 is 7.82 Å². The Morgan fingerprint density at radius 2 is 0.952 bits per heavy atom. The minimum absolute atomic E-state index is 2.80. The molecule has 0 atom stereocenters. The highest BCUT2D eigenvalue weighted by molar-refractivity contribution is 7.47. The van der Waals surface area contributed by atoms with Gasteiger partial charge in [-0.15, -0.1) is 0 Å². The van der Waals surface area contributed by atoms with E-state index in [4.69, 9.17) is 4.89 Å². The van der Waals surface area contributed by atoms with Crippen LogP contribution in [0.1, 0.15) is 0 Å². The van der Waals surface area contributed by atoms with Crippen LogP contribution in [0.3, 0.4) is 0 Å². The molecule has 21 heavy (non-hydrogen) atoms. The average Bonchev–Trinajstić information content (AvgIpc) is 2.21. The van der Waals surface area contributed by atoms with Gasteiger partial charge in [-0.05, 0) is 0 Å². The fraction of sp³-hybridized carbons (Fsp3) is 1.00. The summed E-state index contributed by atoms with van der Waals surface area (Å²) < 4.78 is 136. The minimum Gasteiger partial charge on any atom is -0.302 e. The normalized spacial score (nSPS) is 15.4. The van der Waals surface area contributed by atoms with Crippen LogP contribution in [0, 0.1) is 0 Å². The van der Waals surface area contributed by atoms with E-state index in [2.05, 4.69) is 9.05 Å². The summed E-state index contributed by atoms with van der Waals surface area (Å²) in [4.78, 5) is 8.48. The molecule has 0 unspecified atom stereocenters. The van der Waals surface area contributed by atoms with Crippen molar-refractivity contribution in [3.05, 3.63) is 0 Å². The molecule has 128 valence electrons. The van der Waals surface area contributed by atoms with E-state index in [0.717, 1.165) is 0 Å². The first-order chi connectivity index (χ1) is 8.91. The van der Waals surface area contributed by atoms with Crippen LogP contribution < -0.4 is 0 Å². The number of halogens is 10. The van der Waals surface area contributed by atoms with Crippen molar-refractivity contribution in [2.24, 2.45) is 0 Å². The summed E-state index contributed by atoms with van der Waals surface area (Å²) in [5, 5.41) is 0. The molecule has 4 nitrogen and oxygen atoms in total. The van der Waals surface area contributed by atoms with Gasteiger partial charge in [0.25, 0.3) is 0 Å². The molecule has 0 saturated heterocycles. The largest absolute Gasteiger partial charge is 0.472 e. The fourth-order valence-corrected chi connectivity index (χ4v) is 1.25. The van der Waals surface area contributed by atoms with E-state index in [0.29, 0.717) is 0 Å². The molecule has 15 heteroatoms. The molecular weight excluding hydrogens is 357 g/mol. The van der Waals surface area contributed by atoms with Crippen molar-refractivity contribution in [3.63, 3.8) is 0 Å². The lowest BCUT2D eigenvalue weighted by atomic mass is 10.3. The van der Waals surface area contributed by atoms with Crippen molar-refractivity contribution in [3.8, 4) is 0 Å². The van der Waals surface area contributed by atoms with Crippen LogP contribution in [-0.4, -0.2) is 42.3 Å². The van der Waals surface area contributed by atoms with Crippen molar-refractivity contribution in [2.45, 2.75) is 24.2 Å². The van der Waals surface area contributed by atoms with Crippen molar-refractivity contribution < 1.29 is 62.4 Å². The first kappa shape index (κ1) is 20.4. The van der Waals surface area contributed by atoms with E-state index < -0.39 is 45.2 Å². The van der Waals surface area contributed by atoms with Gasteiger partial charge in [0.2, 0.25) is 0 Å². The Kier molecular flexibility index (Phi) is 5.73. The Morgan fingerprint density at radius 1 is 0.714 bits per heavy atom. The average molecular weight is 362 g/mol. The second-order valence-corrected chi connectivity index (χ2v) is 4.87. The second-order valence-electron chi connectivity index (χ2n) is 3.42. The molecule has 0 spiro atoms. The number of hydrogen-bond acceptors (Lipinski definition) is 3. The van der Waals surface area contributed by atoms with Gasteiger partial charge in [0.15, 0.2) is 0 Å². The summed E-state index contributed by atoms with van der Waals surface area (Å²) in [5.41, 5.74) is 0. The molecule has 0 aliphatic carbocycles. The lowest BCUT2D eigenvalue weighted by Crippen LogP contribution is -2.41. The Balaban J connectivity index is 4.65. The zero-order valence-corrected chi connectivity index (χ0v) is 10.2. The van der Waals surface area contributed by atoms with Gasteiger partial charge < -0.3 is 4.89 Å². The highest BCUT2D eigenvalue weighted by atomic mass is 31.2. The predicted octanol–water partition coefficient (Wildman–Crippen LogP) is 3.52. The summed E-state index contributed by atoms with van der Waals surface area (Å²) in [5.74, 6) is -11.3. The van der Waals surface area contributed by atoms with Crippen LogP contribution in [0.5, 0.6) is 0 Å². The Hall–Kier alpha value is -0.590. The third kappa shape index (κ3) is 5.96. The van der Waals surface area contributed by atoms with Gasteiger partial charge in [0.1, 0.15) is 13.2 Å². The van der Waals surface area contributed by atoms with E-state index in [1.165, 1.54) is 0 Å². The zero-order valence-electron chi connectivity index (χ0n) is 9.31. The van der Waals surface area contributed by atoms with Crippen LogP contribution in [0.15, 0.2) is 0 Å². The quantitative estimate of drug-likeness (QED) is 0.581. The number of hydrogen-bond donors (Lipinski definition) is 1. The van der Waals surface area contributed by atoms with Gasteiger partial charge in [0, 0.05) is 0 Å². The van der Waals surface area contributed by atoms with Crippen molar-refractivity contribution in [2.75, 3.05) is 13.2 Å². The highest BCUT2D eigenvalue weighted by Crippen LogP contribution is 2.48. The smallest absolute Gasteiger partial charge is 0.302 e. The molecule has 0 heterocycles. The van der Waals surface area contributed by atoms with Crippen molar-refractivity contribution in [1.82, 2.24) is 0 Å². The number of alkyl halides is 10. The number of rotatable bonds is 6. The highest BCUT2D eigenvalue weighted by Gasteiger charge is 2.60. The van der Waals surface area contributed by atoms with E-state index >= 15 is 0 Å². The van der Waals surface area contributed by atoms with Crippen LogP contribution in [0.4, 0.5) is 43.9 Å². The summed E-state index contributed by atoms with van der Waals surface area (Å²) in [6.45, 7) is -5.61. The van der Waals surface area contributed by atoms with Crippen LogP contribution in [-0.2, 0) is 13.6 Å². The van der Waals surface area contributed by atoms with Gasteiger partial charge in [-0.3, -0.25) is 9.05 Å². The Bertz CT molecular complexity index is 367. The van der Waals surface area contributed by atoms with Crippen LogP contribution in [0.2, 0.25) is 0 Å². The maximum atomic E-state index is 12.3. The van der Waals surface area contributed by atoms with E-state index in [1.54, 1.807) is 0 Å². The molecule has 0 aliphatic rings. The molecule has 0 amide bonds. The minimum atomic E-state index is -6.19. The van der Waals surface area contributed by atoms with Gasteiger partial charge in [-0.1, -0.05) is 0 Å². The third-order valence-corrected chi connectivity index (χ3v) is 2.56. The molecular formula is C6H5F10O4P. The van der Waals surface area contributed by atoms with Crippen molar-refractivity contribution >= 4 is 7.82 Å². The third-order valence-electron chi connectivity index (χ3n) is 1.65. The Labute approximate surface area is 109 Å². The van der Waals surface area contributed by atoms with Gasteiger partial charge in [-0.2, -0.15) is 43.9 Å². The molecule has 1 N–H and O–H groups in total. The first-order valence-corrected chi connectivity index (χ1v) is 5.92. The molecule has 0 bridgehead atoms. The molecule has 0 saturated carbocycles. The maximum absolute atomic E-state index is 12.3. The number of phosphoric acid groups is 1. The fourth-order valence-electron chi connectivity index (χ4n) is 0.526. The lowest BCUT2D eigenvalue weighted by molar-refractivity contribution is -0.295. The zero-order chi connectivity index (χ0) is 17.3.